The minimum Gasteiger partial charge on any atom is -0.444 e. The highest BCUT2D eigenvalue weighted by molar-refractivity contribution is 5.68. The predicted molar refractivity (Wildman–Crippen MR) is 59.7 cm³/mol. The molecule has 1 fully saturated rings. The zero-order valence-electron chi connectivity index (χ0n) is 10.2. The maximum absolute atomic E-state index is 12.7. The molecule has 0 aliphatic heterocycles. The van der Waals surface area contributed by atoms with Gasteiger partial charge in [-0.3, -0.25) is 0 Å². The van der Waals surface area contributed by atoms with E-state index in [1.807, 2.05) is 0 Å². The number of amides is 1. The Morgan fingerprint density at radius 2 is 2.06 bits per heavy atom. The summed E-state index contributed by atoms with van der Waals surface area (Å²) in [6.45, 7) is 5.15. The van der Waals surface area contributed by atoms with Crippen molar-refractivity contribution in [1.82, 2.24) is 5.32 Å². The van der Waals surface area contributed by atoms with Crippen LogP contribution in [0.25, 0.3) is 0 Å². The van der Waals surface area contributed by atoms with Crippen LogP contribution in [-0.4, -0.2) is 23.7 Å². The fourth-order valence-electron chi connectivity index (χ4n) is 1.67. The van der Waals surface area contributed by atoms with E-state index in [9.17, 15) is 13.6 Å². The number of halogens is 2. The molecular weight excluding hydrogens is 228 g/mol. The molecule has 0 saturated heterocycles. The van der Waals surface area contributed by atoms with E-state index >= 15 is 0 Å². The number of terminal acetylenes is 1. The second kappa shape index (κ2) is 4.52. The van der Waals surface area contributed by atoms with Crippen LogP contribution >= 0.6 is 0 Å². The third kappa shape index (κ3) is 4.22. The summed E-state index contributed by atoms with van der Waals surface area (Å²) in [5, 5.41) is 2.43. The van der Waals surface area contributed by atoms with Gasteiger partial charge in [0.2, 0.25) is 5.92 Å². The molecule has 0 spiro atoms. The van der Waals surface area contributed by atoms with Gasteiger partial charge in [-0.2, -0.15) is 0 Å². The molecule has 0 bridgehead atoms. The van der Waals surface area contributed by atoms with Crippen molar-refractivity contribution < 1.29 is 18.3 Å². The summed E-state index contributed by atoms with van der Waals surface area (Å²) in [5.41, 5.74) is -0.632. The van der Waals surface area contributed by atoms with Crippen molar-refractivity contribution in [2.45, 2.75) is 51.2 Å². The van der Waals surface area contributed by atoms with Crippen molar-refractivity contribution in [3.63, 3.8) is 0 Å². The van der Waals surface area contributed by atoms with Crippen molar-refractivity contribution in [3.05, 3.63) is 0 Å². The first-order chi connectivity index (χ1) is 7.63. The molecule has 0 radical (unpaired) electrons. The van der Waals surface area contributed by atoms with E-state index in [1.165, 1.54) is 0 Å². The Balaban J connectivity index is 2.44. The molecule has 96 valence electrons. The van der Waals surface area contributed by atoms with Gasteiger partial charge in [0.25, 0.3) is 0 Å². The average molecular weight is 245 g/mol. The van der Waals surface area contributed by atoms with E-state index in [4.69, 9.17) is 11.2 Å². The normalized spacial score (nSPS) is 20.9. The molecule has 0 aromatic heterocycles. The Morgan fingerprint density at radius 1 is 1.53 bits per heavy atom. The highest BCUT2D eigenvalue weighted by Gasteiger charge is 2.48. The van der Waals surface area contributed by atoms with E-state index in [-0.39, 0.29) is 18.8 Å². The fourth-order valence-corrected chi connectivity index (χ4v) is 1.67. The highest BCUT2D eigenvalue weighted by Crippen LogP contribution is 2.43. The second-order valence-corrected chi connectivity index (χ2v) is 5.31. The van der Waals surface area contributed by atoms with Crippen molar-refractivity contribution in [2.24, 2.45) is 5.92 Å². The fraction of sp³-hybridized carbons (Fsp3) is 0.750. The Morgan fingerprint density at radius 3 is 2.41 bits per heavy atom. The number of ether oxygens (including phenoxy) is 1. The van der Waals surface area contributed by atoms with Crippen LogP contribution in [0, 0.1) is 18.3 Å². The number of alkyl halides is 2. The van der Waals surface area contributed by atoms with Crippen LogP contribution in [0.15, 0.2) is 0 Å². The molecule has 1 aliphatic rings. The molecule has 17 heavy (non-hydrogen) atoms. The van der Waals surface area contributed by atoms with Crippen LogP contribution in [0.5, 0.6) is 0 Å². The summed E-state index contributed by atoms with van der Waals surface area (Å²) in [7, 11) is 0. The first-order valence-corrected chi connectivity index (χ1v) is 5.46. The largest absolute Gasteiger partial charge is 0.444 e. The number of hydrogen-bond donors (Lipinski definition) is 1. The zero-order valence-corrected chi connectivity index (χ0v) is 10.2. The standard InChI is InChI=1S/C12H17F2NO2/c1-5-9(8-6-12(13,14)7-8)15-10(16)17-11(2,3)4/h1,8-9H,6-7H2,2-4H3,(H,15,16). The van der Waals surface area contributed by atoms with Gasteiger partial charge >= 0.3 is 6.09 Å². The molecule has 1 aliphatic carbocycles. The monoisotopic (exact) mass is 245 g/mol. The number of nitrogens with one attached hydrogen (secondary N) is 1. The number of carbonyl (C=O) groups excluding carboxylic acids is 1. The predicted octanol–water partition coefficient (Wildman–Crippen LogP) is 2.56. The molecule has 1 atom stereocenters. The molecule has 5 heteroatoms. The highest BCUT2D eigenvalue weighted by atomic mass is 19.3. The Hall–Kier alpha value is -1.31. The summed E-state index contributed by atoms with van der Waals surface area (Å²) in [4.78, 5) is 11.4. The van der Waals surface area contributed by atoms with E-state index < -0.39 is 23.7 Å². The molecule has 0 aromatic carbocycles. The Labute approximate surface area is 99.9 Å². The van der Waals surface area contributed by atoms with E-state index in [0.29, 0.717) is 0 Å². The van der Waals surface area contributed by atoms with Gasteiger partial charge in [-0.25, -0.2) is 13.6 Å². The molecule has 1 saturated carbocycles. The molecule has 0 heterocycles. The van der Waals surface area contributed by atoms with E-state index in [1.54, 1.807) is 20.8 Å². The van der Waals surface area contributed by atoms with Crippen molar-refractivity contribution in [3.8, 4) is 12.3 Å². The van der Waals surface area contributed by atoms with Crippen LogP contribution in [0.3, 0.4) is 0 Å². The van der Waals surface area contributed by atoms with Crippen molar-refractivity contribution in [2.75, 3.05) is 0 Å². The summed E-state index contributed by atoms with van der Waals surface area (Å²) in [6.07, 6.45) is 3.99. The number of hydrogen-bond acceptors (Lipinski definition) is 2. The summed E-state index contributed by atoms with van der Waals surface area (Å²) in [5.74, 6) is -0.703. The number of carbonyl (C=O) groups is 1. The zero-order chi connectivity index (χ0) is 13.3. The van der Waals surface area contributed by atoms with Crippen molar-refractivity contribution >= 4 is 6.09 Å². The maximum Gasteiger partial charge on any atom is 0.408 e. The SMILES string of the molecule is C#CC(NC(=O)OC(C)(C)C)C1CC(F)(F)C1. The lowest BCUT2D eigenvalue weighted by molar-refractivity contribution is -0.114. The van der Waals surface area contributed by atoms with E-state index in [0.717, 1.165) is 0 Å². The summed E-state index contributed by atoms with van der Waals surface area (Å²) in [6, 6.07) is -0.690. The average Bonchev–Trinajstić information content (AvgIpc) is 2.07. The van der Waals surface area contributed by atoms with Gasteiger partial charge in [0.15, 0.2) is 0 Å². The molecule has 1 unspecified atom stereocenters. The minimum atomic E-state index is -2.64. The van der Waals surface area contributed by atoms with Crippen LogP contribution < -0.4 is 5.32 Å². The van der Waals surface area contributed by atoms with Gasteiger partial charge < -0.3 is 10.1 Å². The Bertz CT molecular complexity index is 333. The van der Waals surface area contributed by atoms with Gasteiger partial charge in [-0.1, -0.05) is 5.92 Å². The lowest BCUT2D eigenvalue weighted by atomic mass is 9.76. The van der Waals surface area contributed by atoms with Gasteiger partial charge in [0.05, 0.1) is 6.04 Å². The van der Waals surface area contributed by atoms with Crippen LogP contribution in [0.1, 0.15) is 33.6 Å². The van der Waals surface area contributed by atoms with Gasteiger partial charge in [-0.15, -0.1) is 6.42 Å². The first kappa shape index (κ1) is 13.8. The lowest BCUT2D eigenvalue weighted by Crippen LogP contribution is -2.50. The molecule has 1 amide bonds. The quantitative estimate of drug-likeness (QED) is 0.759. The smallest absolute Gasteiger partial charge is 0.408 e. The van der Waals surface area contributed by atoms with Gasteiger partial charge in [-0.05, 0) is 20.8 Å². The molecule has 1 N–H and O–H groups in total. The molecular formula is C12H17F2NO2. The third-order valence-electron chi connectivity index (χ3n) is 2.44. The molecule has 0 aromatic rings. The third-order valence-corrected chi connectivity index (χ3v) is 2.44. The summed E-state index contributed by atoms with van der Waals surface area (Å²) >= 11 is 0. The van der Waals surface area contributed by atoms with Crippen LogP contribution in [0.4, 0.5) is 13.6 Å². The maximum atomic E-state index is 12.7. The topological polar surface area (TPSA) is 38.3 Å². The first-order valence-electron chi connectivity index (χ1n) is 5.46. The number of rotatable bonds is 2. The van der Waals surface area contributed by atoms with Crippen LogP contribution in [0.2, 0.25) is 0 Å². The lowest BCUT2D eigenvalue weighted by Gasteiger charge is -2.38. The summed E-state index contributed by atoms with van der Waals surface area (Å²) < 4.78 is 30.4. The molecule has 3 nitrogen and oxygen atoms in total. The van der Waals surface area contributed by atoms with E-state index in [2.05, 4.69) is 11.2 Å². The number of alkyl carbamates (subject to hydrolysis) is 1. The van der Waals surface area contributed by atoms with Crippen LogP contribution in [-0.2, 0) is 4.74 Å². The Kier molecular flexibility index (Phi) is 3.65. The minimum absolute atomic E-state index is 0.280. The van der Waals surface area contributed by atoms with Crippen molar-refractivity contribution in [1.29, 1.82) is 0 Å². The molecule has 1 rings (SSSR count). The van der Waals surface area contributed by atoms with Gasteiger partial charge in [0, 0.05) is 18.8 Å². The second-order valence-electron chi connectivity index (χ2n) is 5.31. The van der Waals surface area contributed by atoms with Gasteiger partial charge in [0.1, 0.15) is 5.60 Å².